The molecular weight excluding hydrogens is 373 g/mol. The maximum Gasteiger partial charge on any atom is 0.311 e. The molecule has 3 aromatic rings. The molecule has 6 heteroatoms. The van der Waals surface area contributed by atoms with Crippen molar-refractivity contribution in [3.8, 4) is 11.5 Å². The molecule has 3 rings (SSSR count). The van der Waals surface area contributed by atoms with Crippen LogP contribution in [0.2, 0.25) is 0 Å². The van der Waals surface area contributed by atoms with Crippen molar-refractivity contribution in [3.63, 3.8) is 0 Å². The molecule has 0 spiro atoms. The van der Waals surface area contributed by atoms with Crippen molar-refractivity contribution < 1.29 is 23.8 Å². The molecular formula is C23H20FNO4. The molecule has 0 unspecified atom stereocenters. The van der Waals surface area contributed by atoms with Crippen LogP contribution < -0.4 is 10.1 Å². The van der Waals surface area contributed by atoms with E-state index in [1.807, 2.05) is 6.92 Å². The minimum absolute atomic E-state index is 0.00464. The predicted molar refractivity (Wildman–Crippen MR) is 108 cm³/mol. The normalized spacial score (nSPS) is 10.4. The highest BCUT2D eigenvalue weighted by atomic mass is 19.1. The molecule has 0 aliphatic carbocycles. The van der Waals surface area contributed by atoms with Crippen molar-refractivity contribution in [1.82, 2.24) is 0 Å². The fourth-order valence-electron chi connectivity index (χ4n) is 2.79. The number of aromatic hydroxyl groups is 1. The second-order valence-electron chi connectivity index (χ2n) is 6.38. The van der Waals surface area contributed by atoms with E-state index in [-0.39, 0.29) is 23.7 Å². The summed E-state index contributed by atoms with van der Waals surface area (Å²) in [6, 6.07) is 16.7. The molecule has 0 saturated carbocycles. The van der Waals surface area contributed by atoms with Crippen molar-refractivity contribution in [1.29, 1.82) is 0 Å². The Morgan fingerprint density at radius 1 is 0.966 bits per heavy atom. The Morgan fingerprint density at radius 2 is 1.66 bits per heavy atom. The van der Waals surface area contributed by atoms with E-state index in [0.29, 0.717) is 28.9 Å². The van der Waals surface area contributed by atoms with Crippen molar-refractivity contribution in [2.45, 2.75) is 19.8 Å². The minimum Gasteiger partial charge on any atom is -0.504 e. The average molecular weight is 393 g/mol. The zero-order chi connectivity index (χ0) is 20.8. The molecule has 0 bridgehead atoms. The average Bonchev–Trinajstić information content (AvgIpc) is 2.71. The second kappa shape index (κ2) is 9.01. The third-order valence-corrected chi connectivity index (χ3v) is 4.21. The number of hydrogen-bond acceptors (Lipinski definition) is 5. The molecule has 0 atom stereocenters. The van der Waals surface area contributed by atoms with Gasteiger partial charge in [-0.15, -0.1) is 0 Å². The number of benzene rings is 3. The fraction of sp³-hybridized carbons (Fsp3) is 0.130. The monoisotopic (exact) mass is 393 g/mol. The lowest BCUT2D eigenvalue weighted by atomic mass is 10.0. The van der Waals surface area contributed by atoms with Crippen LogP contribution in [0.1, 0.15) is 35.7 Å². The van der Waals surface area contributed by atoms with Crippen molar-refractivity contribution >= 4 is 23.1 Å². The molecule has 3 aromatic carbocycles. The summed E-state index contributed by atoms with van der Waals surface area (Å²) < 4.78 is 18.5. The van der Waals surface area contributed by atoms with E-state index in [4.69, 9.17) is 4.74 Å². The van der Waals surface area contributed by atoms with E-state index in [2.05, 4.69) is 5.32 Å². The summed E-state index contributed by atoms with van der Waals surface area (Å²) in [6.45, 7) is 1.85. The molecule has 0 fully saturated rings. The van der Waals surface area contributed by atoms with Gasteiger partial charge in [-0.2, -0.15) is 0 Å². The number of para-hydroxylation sites is 2. The second-order valence-corrected chi connectivity index (χ2v) is 6.38. The zero-order valence-corrected chi connectivity index (χ0v) is 15.8. The fourth-order valence-corrected chi connectivity index (χ4v) is 2.79. The molecule has 0 aromatic heterocycles. The quantitative estimate of drug-likeness (QED) is 0.327. The summed E-state index contributed by atoms with van der Waals surface area (Å²) in [5.74, 6) is -1.38. The SMILES string of the molecule is CCCC(=O)Oc1c(O)cccc1Nc1ccccc1C(=O)c1ccc(F)cc1. The first-order chi connectivity index (χ1) is 14.0. The first kappa shape index (κ1) is 20.1. The summed E-state index contributed by atoms with van der Waals surface area (Å²) in [4.78, 5) is 24.8. The Morgan fingerprint density at radius 3 is 2.38 bits per heavy atom. The zero-order valence-electron chi connectivity index (χ0n) is 15.8. The Kier molecular flexibility index (Phi) is 6.24. The molecule has 148 valence electrons. The van der Waals surface area contributed by atoms with Crippen LogP contribution in [0.3, 0.4) is 0 Å². The number of rotatable bonds is 7. The number of esters is 1. The van der Waals surface area contributed by atoms with Crippen molar-refractivity contribution in [2.24, 2.45) is 0 Å². The van der Waals surface area contributed by atoms with Crippen LogP contribution in [-0.4, -0.2) is 16.9 Å². The van der Waals surface area contributed by atoms with Gasteiger partial charge in [0.15, 0.2) is 17.3 Å². The Hall–Kier alpha value is -3.67. The van der Waals surface area contributed by atoms with Crippen LogP contribution in [0.4, 0.5) is 15.8 Å². The van der Waals surface area contributed by atoms with E-state index >= 15 is 0 Å². The Balaban J connectivity index is 1.94. The minimum atomic E-state index is -0.465. The van der Waals surface area contributed by atoms with Gasteiger partial charge >= 0.3 is 5.97 Å². The van der Waals surface area contributed by atoms with Crippen LogP contribution in [0, 0.1) is 5.82 Å². The van der Waals surface area contributed by atoms with Gasteiger partial charge in [0.2, 0.25) is 0 Å². The lowest BCUT2D eigenvalue weighted by molar-refractivity contribution is -0.134. The predicted octanol–water partition coefficient (Wildman–Crippen LogP) is 5.21. The maximum atomic E-state index is 13.2. The van der Waals surface area contributed by atoms with Gasteiger partial charge in [0.05, 0.1) is 5.69 Å². The molecule has 2 N–H and O–H groups in total. The van der Waals surface area contributed by atoms with Gasteiger partial charge in [-0.25, -0.2) is 4.39 Å². The molecule has 0 radical (unpaired) electrons. The summed E-state index contributed by atoms with van der Waals surface area (Å²) >= 11 is 0. The Labute approximate surface area is 167 Å². The van der Waals surface area contributed by atoms with Gasteiger partial charge in [0, 0.05) is 23.2 Å². The van der Waals surface area contributed by atoms with Gasteiger partial charge in [-0.05, 0) is 55.0 Å². The Bertz CT molecular complexity index is 1030. The summed E-state index contributed by atoms with van der Waals surface area (Å²) in [5, 5.41) is 13.2. The number of carbonyl (C=O) groups excluding carboxylic acids is 2. The number of carbonyl (C=O) groups is 2. The molecule has 0 aliphatic rings. The number of phenols is 1. The van der Waals surface area contributed by atoms with Crippen LogP contribution in [0.15, 0.2) is 66.7 Å². The van der Waals surface area contributed by atoms with E-state index in [0.717, 1.165) is 0 Å². The first-order valence-corrected chi connectivity index (χ1v) is 9.18. The highest BCUT2D eigenvalue weighted by Crippen LogP contribution is 2.37. The largest absolute Gasteiger partial charge is 0.504 e. The molecule has 0 heterocycles. The number of hydrogen-bond donors (Lipinski definition) is 2. The summed E-state index contributed by atoms with van der Waals surface area (Å²) in [7, 11) is 0. The third-order valence-electron chi connectivity index (χ3n) is 4.21. The number of phenolic OH excluding ortho intramolecular Hbond substituents is 1. The van der Waals surface area contributed by atoms with Crippen molar-refractivity contribution in [2.75, 3.05) is 5.32 Å². The third kappa shape index (κ3) is 4.79. The smallest absolute Gasteiger partial charge is 0.311 e. The number of nitrogens with one attached hydrogen (secondary N) is 1. The van der Waals surface area contributed by atoms with Gasteiger partial charge < -0.3 is 15.2 Å². The highest BCUT2D eigenvalue weighted by molar-refractivity contribution is 6.12. The van der Waals surface area contributed by atoms with Crippen molar-refractivity contribution in [3.05, 3.63) is 83.7 Å². The first-order valence-electron chi connectivity index (χ1n) is 9.18. The number of halogens is 1. The molecule has 5 nitrogen and oxygen atoms in total. The van der Waals surface area contributed by atoms with E-state index in [1.54, 1.807) is 36.4 Å². The molecule has 29 heavy (non-hydrogen) atoms. The van der Waals surface area contributed by atoms with Gasteiger partial charge in [0.1, 0.15) is 5.82 Å². The molecule has 0 saturated heterocycles. The van der Waals surface area contributed by atoms with Crippen LogP contribution in [0.5, 0.6) is 11.5 Å². The van der Waals surface area contributed by atoms with E-state index in [1.165, 1.54) is 30.3 Å². The molecule has 0 aliphatic heterocycles. The van der Waals surface area contributed by atoms with Crippen LogP contribution in [-0.2, 0) is 4.79 Å². The molecule has 0 amide bonds. The highest BCUT2D eigenvalue weighted by Gasteiger charge is 2.17. The van der Waals surface area contributed by atoms with Gasteiger partial charge in [0.25, 0.3) is 0 Å². The van der Waals surface area contributed by atoms with E-state index in [9.17, 15) is 19.1 Å². The lowest BCUT2D eigenvalue weighted by Gasteiger charge is -2.15. The van der Waals surface area contributed by atoms with Gasteiger partial charge in [-0.3, -0.25) is 9.59 Å². The number of ether oxygens (including phenoxy) is 1. The lowest BCUT2D eigenvalue weighted by Crippen LogP contribution is -2.10. The number of ketones is 1. The van der Waals surface area contributed by atoms with Gasteiger partial charge in [-0.1, -0.05) is 25.1 Å². The number of anilines is 2. The summed E-state index contributed by atoms with van der Waals surface area (Å²) in [6.07, 6.45) is 0.831. The van der Waals surface area contributed by atoms with Crippen LogP contribution in [0.25, 0.3) is 0 Å². The maximum absolute atomic E-state index is 13.2. The van der Waals surface area contributed by atoms with E-state index < -0.39 is 11.8 Å². The van der Waals surface area contributed by atoms with Crippen LogP contribution >= 0.6 is 0 Å². The standard InChI is InChI=1S/C23H20FNO4/c1-2-6-21(27)29-23-19(9-5-10-20(23)26)25-18-8-4-3-7-17(18)22(28)15-11-13-16(24)14-12-15/h3-5,7-14,25-26H,2,6H2,1H3. The topological polar surface area (TPSA) is 75.6 Å². The summed E-state index contributed by atoms with van der Waals surface area (Å²) in [5.41, 5.74) is 1.49.